The third-order valence-electron chi connectivity index (χ3n) is 4.34. The van der Waals surface area contributed by atoms with Crippen LogP contribution in [0.1, 0.15) is 19.4 Å². The molecule has 9 heteroatoms. The van der Waals surface area contributed by atoms with Gasteiger partial charge in [-0.25, -0.2) is 8.78 Å². The van der Waals surface area contributed by atoms with Crippen molar-refractivity contribution in [2.45, 2.75) is 32.3 Å². The second-order valence-electron chi connectivity index (χ2n) is 6.91. The lowest BCUT2D eigenvalue weighted by Gasteiger charge is -2.35. The van der Waals surface area contributed by atoms with Crippen LogP contribution in [0.4, 0.5) is 14.5 Å². The number of nitrogens with two attached hydrogens (primary N) is 1. The molecule has 2 aromatic carbocycles. The fourth-order valence-electron chi connectivity index (χ4n) is 2.73. The smallest absolute Gasteiger partial charge is 0.169 e. The molecule has 29 heavy (non-hydrogen) atoms. The molecule has 158 valence electrons. The monoisotopic (exact) mass is 429 g/mol. The van der Waals surface area contributed by atoms with Crippen molar-refractivity contribution in [3.63, 3.8) is 0 Å². The van der Waals surface area contributed by atoms with E-state index in [2.05, 4.69) is 0 Å². The highest BCUT2D eigenvalue weighted by Crippen LogP contribution is 2.37. The van der Waals surface area contributed by atoms with Crippen LogP contribution in [0.15, 0.2) is 24.3 Å². The van der Waals surface area contributed by atoms with E-state index in [9.17, 15) is 8.78 Å². The van der Waals surface area contributed by atoms with E-state index in [0.29, 0.717) is 13.2 Å². The van der Waals surface area contributed by atoms with Gasteiger partial charge in [0.15, 0.2) is 28.9 Å². The molecule has 0 aliphatic carbocycles. The zero-order chi connectivity index (χ0) is 21.2. The molecule has 0 saturated carbocycles. The zero-order valence-corrected chi connectivity index (χ0v) is 17.0. The van der Waals surface area contributed by atoms with Gasteiger partial charge in [0, 0.05) is 12.1 Å². The Hall–Kier alpha value is -2.29. The highest BCUT2D eigenvalue weighted by atomic mass is 35.5. The van der Waals surface area contributed by atoms with Crippen LogP contribution in [-0.2, 0) is 16.1 Å². The summed E-state index contributed by atoms with van der Waals surface area (Å²) in [5, 5.41) is 0.264. The predicted molar refractivity (Wildman–Crippen MR) is 104 cm³/mol. The Balaban J connectivity index is 1.81. The first-order valence-electron chi connectivity index (χ1n) is 8.87. The quantitative estimate of drug-likeness (QED) is 0.689. The van der Waals surface area contributed by atoms with Gasteiger partial charge in [-0.1, -0.05) is 11.6 Å². The van der Waals surface area contributed by atoms with Gasteiger partial charge in [-0.2, -0.15) is 0 Å². The average molecular weight is 430 g/mol. The van der Waals surface area contributed by atoms with Crippen molar-refractivity contribution < 1.29 is 32.5 Å². The van der Waals surface area contributed by atoms with Gasteiger partial charge in [0.2, 0.25) is 0 Å². The number of hydrogen-bond acceptors (Lipinski definition) is 6. The van der Waals surface area contributed by atoms with E-state index in [0.717, 1.165) is 6.07 Å². The van der Waals surface area contributed by atoms with Crippen LogP contribution in [0.5, 0.6) is 17.2 Å². The Kier molecular flexibility index (Phi) is 6.36. The van der Waals surface area contributed by atoms with Gasteiger partial charge >= 0.3 is 0 Å². The molecule has 1 heterocycles. The maximum Gasteiger partial charge on any atom is 0.169 e. The van der Waals surface area contributed by atoms with Crippen molar-refractivity contribution in [1.29, 1.82) is 0 Å². The molecule has 0 radical (unpaired) electrons. The first-order valence-corrected chi connectivity index (χ1v) is 9.25. The van der Waals surface area contributed by atoms with Crippen LogP contribution < -0.4 is 19.9 Å². The summed E-state index contributed by atoms with van der Waals surface area (Å²) in [5.74, 6) is -2.10. The summed E-state index contributed by atoms with van der Waals surface area (Å²) in [6, 6.07) is 5.25. The number of benzene rings is 2. The third-order valence-corrected chi connectivity index (χ3v) is 4.66. The van der Waals surface area contributed by atoms with E-state index in [-0.39, 0.29) is 40.1 Å². The van der Waals surface area contributed by atoms with Crippen LogP contribution in [0.3, 0.4) is 0 Å². The molecule has 0 bridgehead atoms. The van der Waals surface area contributed by atoms with Crippen LogP contribution in [-0.4, -0.2) is 32.2 Å². The van der Waals surface area contributed by atoms with Gasteiger partial charge in [-0.3, -0.25) is 0 Å². The minimum Gasteiger partial charge on any atom is -0.496 e. The van der Waals surface area contributed by atoms with Crippen molar-refractivity contribution in [3.05, 3.63) is 46.5 Å². The predicted octanol–water partition coefficient (Wildman–Crippen LogP) is 4.32. The normalized spacial score (nSPS) is 16.5. The molecule has 0 amide bonds. The summed E-state index contributed by atoms with van der Waals surface area (Å²) in [4.78, 5) is 0. The number of ether oxygens (including phenoxy) is 5. The molecule has 0 aromatic heterocycles. The molecule has 6 nitrogen and oxygen atoms in total. The van der Waals surface area contributed by atoms with Gasteiger partial charge in [-0.15, -0.1) is 0 Å². The summed E-state index contributed by atoms with van der Waals surface area (Å²) in [6.07, 6.45) is -0.412. The molecule has 0 spiro atoms. The lowest BCUT2D eigenvalue weighted by atomic mass is 10.2. The first-order chi connectivity index (χ1) is 13.7. The molecule has 2 N–H and O–H groups in total. The summed E-state index contributed by atoms with van der Waals surface area (Å²) >= 11 is 6.11. The van der Waals surface area contributed by atoms with Crippen molar-refractivity contribution in [3.8, 4) is 17.2 Å². The maximum absolute atomic E-state index is 14.2. The van der Waals surface area contributed by atoms with E-state index >= 15 is 0 Å². The number of methoxy groups -OCH3 is 1. The Labute approximate surface area is 172 Å². The van der Waals surface area contributed by atoms with E-state index in [1.165, 1.54) is 25.3 Å². The Morgan fingerprint density at radius 3 is 2.48 bits per heavy atom. The van der Waals surface area contributed by atoms with Crippen LogP contribution in [0, 0.1) is 11.6 Å². The van der Waals surface area contributed by atoms with Gasteiger partial charge in [0.1, 0.15) is 18.5 Å². The Bertz CT molecular complexity index is 884. The second kappa shape index (κ2) is 8.61. The molecule has 0 unspecified atom stereocenters. The molecule has 0 atom stereocenters. The topological polar surface area (TPSA) is 72.2 Å². The molecule has 1 aliphatic heterocycles. The summed E-state index contributed by atoms with van der Waals surface area (Å²) in [7, 11) is 1.36. The lowest BCUT2D eigenvalue weighted by Crippen LogP contribution is -2.44. The molecular formula is C20H22ClF2NO5. The lowest BCUT2D eigenvalue weighted by molar-refractivity contribution is -0.269. The third kappa shape index (κ3) is 5.01. The summed E-state index contributed by atoms with van der Waals surface area (Å²) < 4.78 is 55.6. The van der Waals surface area contributed by atoms with Crippen molar-refractivity contribution in [2.75, 3.05) is 26.1 Å². The van der Waals surface area contributed by atoms with Crippen LogP contribution >= 0.6 is 11.6 Å². The second-order valence-corrected chi connectivity index (χ2v) is 7.32. The highest BCUT2D eigenvalue weighted by Gasteiger charge is 2.30. The SMILES string of the molecule is COc1ccc(F)c(F)c1COc1cc(N)c(Cl)cc1OC1COC(C)(C)OC1. The number of nitrogen functional groups attached to an aromatic ring is 1. The van der Waals surface area contributed by atoms with E-state index in [4.69, 9.17) is 41.0 Å². The average Bonchev–Trinajstić information content (AvgIpc) is 2.68. The van der Waals surface area contributed by atoms with Crippen molar-refractivity contribution in [2.24, 2.45) is 0 Å². The summed E-state index contributed by atoms with van der Waals surface area (Å²) in [5.41, 5.74) is 6.04. The standard InChI is InChI=1S/C20H22ClF2NO5/c1-20(2)27-8-11(9-28-20)29-18-6-13(21)15(24)7-17(18)26-10-12-16(25-3)5-4-14(22)19(12)23/h4-7,11H,8-10,24H2,1-3H3. The highest BCUT2D eigenvalue weighted by molar-refractivity contribution is 6.33. The molecule has 1 aliphatic rings. The minimum atomic E-state index is -1.05. The fourth-order valence-corrected chi connectivity index (χ4v) is 2.88. The van der Waals surface area contributed by atoms with Gasteiger partial charge < -0.3 is 29.4 Å². The first kappa shape index (κ1) is 21.4. The number of rotatable bonds is 6. The number of anilines is 1. The maximum atomic E-state index is 14.2. The molecular weight excluding hydrogens is 408 g/mol. The summed E-state index contributed by atoms with van der Waals surface area (Å²) in [6.45, 7) is 3.88. The molecule has 2 aromatic rings. The van der Waals surface area contributed by atoms with E-state index < -0.39 is 23.5 Å². The number of halogens is 3. The van der Waals surface area contributed by atoms with E-state index in [1.54, 1.807) is 13.8 Å². The van der Waals surface area contributed by atoms with Gasteiger partial charge in [-0.05, 0) is 26.0 Å². The fraction of sp³-hybridized carbons (Fsp3) is 0.400. The molecule has 3 rings (SSSR count). The van der Waals surface area contributed by atoms with E-state index in [1.807, 2.05) is 0 Å². The number of hydrogen-bond donors (Lipinski definition) is 1. The van der Waals surface area contributed by atoms with Crippen LogP contribution in [0.25, 0.3) is 0 Å². The Morgan fingerprint density at radius 1 is 1.14 bits per heavy atom. The van der Waals surface area contributed by atoms with Crippen molar-refractivity contribution >= 4 is 17.3 Å². The molecule has 1 saturated heterocycles. The zero-order valence-electron chi connectivity index (χ0n) is 16.3. The molecule has 1 fully saturated rings. The Morgan fingerprint density at radius 2 is 1.83 bits per heavy atom. The van der Waals surface area contributed by atoms with Crippen molar-refractivity contribution in [1.82, 2.24) is 0 Å². The van der Waals surface area contributed by atoms with Gasteiger partial charge in [0.05, 0.1) is 36.6 Å². The largest absolute Gasteiger partial charge is 0.496 e. The van der Waals surface area contributed by atoms with Crippen LogP contribution in [0.2, 0.25) is 5.02 Å². The minimum absolute atomic E-state index is 0.0712. The van der Waals surface area contributed by atoms with Gasteiger partial charge in [0.25, 0.3) is 0 Å².